The third-order valence-corrected chi connectivity index (χ3v) is 6.05. The summed E-state index contributed by atoms with van der Waals surface area (Å²) in [5.41, 5.74) is 2.05. The van der Waals surface area contributed by atoms with E-state index in [9.17, 15) is 9.59 Å². The monoisotopic (exact) mass is 430 g/mol. The van der Waals surface area contributed by atoms with Crippen LogP contribution in [0.4, 0.5) is 5.69 Å². The molecule has 5 rings (SSSR count). The number of hydrogen-bond acceptors (Lipinski definition) is 4. The zero-order valence-electron chi connectivity index (χ0n) is 14.7. The Kier molecular flexibility index (Phi) is 3.81. The third-order valence-electron chi connectivity index (χ3n) is 5.40. The molecular formula is C23H15BrN2O2. The molecule has 2 unspecified atom stereocenters. The maximum absolute atomic E-state index is 13.4. The zero-order valence-corrected chi connectivity index (χ0v) is 16.3. The molecule has 2 aromatic rings. The SMILES string of the molecule is O=C1C=CC2C(c3ccccc3)=NN(c3ccccc3)C23C(=O)C=C(Br)C3=C1. The minimum Gasteiger partial charge on any atom is -0.292 e. The van der Waals surface area contributed by atoms with Crippen molar-refractivity contribution < 1.29 is 9.59 Å². The van der Waals surface area contributed by atoms with E-state index in [-0.39, 0.29) is 17.5 Å². The van der Waals surface area contributed by atoms with Crippen LogP contribution in [-0.4, -0.2) is 22.8 Å². The van der Waals surface area contributed by atoms with Gasteiger partial charge < -0.3 is 0 Å². The Morgan fingerprint density at radius 3 is 2.32 bits per heavy atom. The van der Waals surface area contributed by atoms with Gasteiger partial charge in [0.2, 0.25) is 0 Å². The van der Waals surface area contributed by atoms with E-state index in [1.165, 1.54) is 6.08 Å². The van der Waals surface area contributed by atoms with Gasteiger partial charge in [-0.1, -0.05) is 70.5 Å². The predicted molar refractivity (Wildman–Crippen MR) is 112 cm³/mol. The number of ketones is 2. The van der Waals surface area contributed by atoms with Gasteiger partial charge >= 0.3 is 0 Å². The molecule has 1 aliphatic heterocycles. The second kappa shape index (κ2) is 6.24. The number of hydrazone groups is 1. The zero-order chi connectivity index (χ0) is 19.3. The van der Waals surface area contributed by atoms with Crippen LogP contribution in [0.25, 0.3) is 0 Å². The minimum absolute atomic E-state index is 0.0893. The van der Waals surface area contributed by atoms with Crippen molar-refractivity contribution in [1.82, 2.24) is 0 Å². The van der Waals surface area contributed by atoms with E-state index in [0.29, 0.717) is 10.1 Å². The number of anilines is 1. The molecule has 1 heterocycles. The average Bonchev–Trinajstić information content (AvgIpc) is 3.12. The van der Waals surface area contributed by atoms with Crippen molar-refractivity contribution in [2.24, 2.45) is 11.0 Å². The van der Waals surface area contributed by atoms with Crippen molar-refractivity contribution in [3.05, 3.63) is 101 Å². The average molecular weight is 431 g/mol. The van der Waals surface area contributed by atoms with E-state index in [1.807, 2.05) is 66.7 Å². The summed E-state index contributed by atoms with van der Waals surface area (Å²) in [6.07, 6.45) is 6.46. The van der Waals surface area contributed by atoms with Gasteiger partial charge in [-0.2, -0.15) is 5.10 Å². The lowest BCUT2D eigenvalue weighted by Gasteiger charge is -2.37. The van der Waals surface area contributed by atoms with Crippen LogP contribution < -0.4 is 5.01 Å². The minimum atomic E-state index is -1.10. The second-order valence-electron chi connectivity index (χ2n) is 6.92. The number of rotatable bonds is 2. The molecule has 2 atom stereocenters. The van der Waals surface area contributed by atoms with Crippen LogP contribution >= 0.6 is 15.9 Å². The summed E-state index contributed by atoms with van der Waals surface area (Å²) >= 11 is 3.50. The molecule has 2 aliphatic carbocycles. The first-order valence-electron chi connectivity index (χ1n) is 8.98. The van der Waals surface area contributed by atoms with Gasteiger partial charge in [-0.25, -0.2) is 5.01 Å². The highest BCUT2D eigenvalue weighted by Gasteiger charge is 2.61. The molecule has 0 radical (unpaired) electrons. The lowest BCUT2D eigenvalue weighted by molar-refractivity contribution is -0.118. The van der Waals surface area contributed by atoms with Crippen LogP contribution in [-0.2, 0) is 9.59 Å². The Morgan fingerprint density at radius 1 is 0.929 bits per heavy atom. The fourth-order valence-electron chi connectivity index (χ4n) is 4.20. The summed E-state index contributed by atoms with van der Waals surface area (Å²) in [5, 5.41) is 6.71. The smallest absolute Gasteiger partial charge is 0.190 e. The molecule has 0 saturated carbocycles. The molecule has 136 valence electrons. The molecule has 0 saturated heterocycles. The molecule has 3 aliphatic rings. The number of carbonyl (C=O) groups is 2. The molecule has 0 aromatic heterocycles. The van der Waals surface area contributed by atoms with Gasteiger partial charge in [0.05, 0.1) is 17.3 Å². The highest BCUT2D eigenvalue weighted by atomic mass is 79.9. The maximum atomic E-state index is 13.4. The molecule has 28 heavy (non-hydrogen) atoms. The fraction of sp³-hybridized carbons (Fsp3) is 0.0870. The summed E-state index contributed by atoms with van der Waals surface area (Å²) in [6, 6.07) is 19.4. The lowest BCUT2D eigenvalue weighted by atomic mass is 9.75. The molecular weight excluding hydrogens is 416 g/mol. The van der Waals surface area contributed by atoms with Crippen molar-refractivity contribution in [1.29, 1.82) is 0 Å². The molecule has 2 aromatic carbocycles. The molecule has 4 nitrogen and oxygen atoms in total. The highest BCUT2D eigenvalue weighted by molar-refractivity contribution is 9.12. The molecule has 5 heteroatoms. The summed E-state index contributed by atoms with van der Waals surface area (Å²) in [4.78, 5) is 25.8. The van der Waals surface area contributed by atoms with Crippen LogP contribution in [0.3, 0.4) is 0 Å². The Balaban J connectivity index is 1.81. The van der Waals surface area contributed by atoms with Crippen LogP contribution in [0.5, 0.6) is 0 Å². The van der Waals surface area contributed by atoms with E-state index < -0.39 is 5.54 Å². The standard InChI is InChI=1S/C23H15BrN2O2/c24-20-14-21(28)23-18(12-11-17(27)13-19(20)23)22(15-7-3-1-4-8-15)25-26(23)16-9-5-2-6-10-16/h1-14,18H. The Morgan fingerprint density at radius 2 is 1.61 bits per heavy atom. The van der Waals surface area contributed by atoms with Gasteiger partial charge in [-0.3, -0.25) is 9.59 Å². The number of carbonyl (C=O) groups excluding carboxylic acids is 2. The molecule has 0 fully saturated rings. The van der Waals surface area contributed by atoms with E-state index in [4.69, 9.17) is 5.10 Å². The van der Waals surface area contributed by atoms with Crippen LogP contribution in [0.15, 0.2) is 100 Å². The quantitative estimate of drug-likeness (QED) is 0.717. The normalized spacial score (nSPS) is 25.7. The van der Waals surface area contributed by atoms with Crippen molar-refractivity contribution in [3.8, 4) is 0 Å². The van der Waals surface area contributed by atoms with Gasteiger partial charge in [0, 0.05) is 10.1 Å². The van der Waals surface area contributed by atoms with Crippen LogP contribution in [0.1, 0.15) is 5.56 Å². The van der Waals surface area contributed by atoms with Gasteiger partial charge in [0.25, 0.3) is 0 Å². The number of allylic oxidation sites excluding steroid dienone is 2. The Bertz CT molecular complexity index is 1120. The summed E-state index contributed by atoms with van der Waals surface area (Å²) in [5.74, 6) is -0.607. The third kappa shape index (κ3) is 2.26. The van der Waals surface area contributed by atoms with Crippen LogP contribution in [0, 0.1) is 5.92 Å². The van der Waals surface area contributed by atoms with E-state index in [0.717, 1.165) is 17.0 Å². The molecule has 1 spiro atoms. The largest absolute Gasteiger partial charge is 0.292 e. The second-order valence-corrected chi connectivity index (χ2v) is 7.77. The first kappa shape index (κ1) is 17.1. The van der Waals surface area contributed by atoms with Crippen molar-refractivity contribution >= 4 is 38.9 Å². The number of para-hydroxylation sites is 1. The number of nitrogens with zero attached hydrogens (tertiary/aromatic N) is 2. The highest BCUT2D eigenvalue weighted by Crippen LogP contribution is 2.52. The topological polar surface area (TPSA) is 49.7 Å². The lowest BCUT2D eigenvalue weighted by Crippen LogP contribution is -2.53. The maximum Gasteiger partial charge on any atom is 0.190 e. The number of benzene rings is 2. The fourth-order valence-corrected chi connectivity index (χ4v) is 4.83. The van der Waals surface area contributed by atoms with Crippen molar-refractivity contribution in [2.45, 2.75) is 5.54 Å². The van der Waals surface area contributed by atoms with Crippen molar-refractivity contribution in [3.63, 3.8) is 0 Å². The summed E-state index contributed by atoms with van der Waals surface area (Å²) < 4.78 is 0.630. The van der Waals surface area contributed by atoms with E-state index in [1.54, 1.807) is 17.2 Å². The summed E-state index contributed by atoms with van der Waals surface area (Å²) in [7, 11) is 0. The Hall–Kier alpha value is -3.05. The van der Waals surface area contributed by atoms with Gasteiger partial charge in [0.1, 0.15) is 0 Å². The van der Waals surface area contributed by atoms with Crippen molar-refractivity contribution in [2.75, 3.05) is 5.01 Å². The van der Waals surface area contributed by atoms with Crippen LogP contribution in [0.2, 0.25) is 0 Å². The number of hydrogen-bond donors (Lipinski definition) is 0. The first-order chi connectivity index (χ1) is 13.6. The predicted octanol–water partition coefficient (Wildman–Crippen LogP) is 4.19. The van der Waals surface area contributed by atoms with E-state index >= 15 is 0 Å². The van der Waals surface area contributed by atoms with E-state index in [2.05, 4.69) is 15.9 Å². The molecule has 0 N–H and O–H groups in total. The van der Waals surface area contributed by atoms with Gasteiger partial charge in [-0.15, -0.1) is 0 Å². The Labute approximate surface area is 170 Å². The van der Waals surface area contributed by atoms with Gasteiger partial charge in [-0.05, 0) is 35.9 Å². The molecule has 0 bridgehead atoms. The van der Waals surface area contributed by atoms with Gasteiger partial charge in [0.15, 0.2) is 17.1 Å². The summed E-state index contributed by atoms with van der Waals surface area (Å²) in [6.45, 7) is 0. The first-order valence-corrected chi connectivity index (χ1v) is 9.77. The molecule has 0 amide bonds. The number of halogens is 1.